The summed E-state index contributed by atoms with van der Waals surface area (Å²) in [6.07, 6.45) is 1.89. The summed E-state index contributed by atoms with van der Waals surface area (Å²) in [7, 11) is 11.9. The summed E-state index contributed by atoms with van der Waals surface area (Å²) in [5.41, 5.74) is 12.5. The first kappa shape index (κ1) is 117. The van der Waals surface area contributed by atoms with Gasteiger partial charge >= 0.3 is 52.6 Å². The van der Waals surface area contributed by atoms with Crippen LogP contribution in [-0.2, 0) is 122 Å². The smallest absolute Gasteiger partial charge is 0.341 e. The van der Waals surface area contributed by atoms with Crippen LogP contribution in [0.15, 0.2) is 193 Å². The predicted molar refractivity (Wildman–Crippen MR) is 537 cm³/mol. The van der Waals surface area contributed by atoms with Gasteiger partial charge in [-0.2, -0.15) is 5.26 Å². The topological polar surface area (TPSA) is 493 Å². The van der Waals surface area contributed by atoms with E-state index < -0.39 is 174 Å². The number of esters is 3. The molecule has 0 bridgehead atoms. The number of carbonyl (C=O) groups is 8. The number of carboxylic acids is 2. The molecule has 35 nitrogen and oxygen atoms in total. The molecule has 782 valence electrons. The quantitative estimate of drug-likeness (QED) is 0.0125. The van der Waals surface area contributed by atoms with Crippen LogP contribution in [0.2, 0.25) is 0 Å². The maximum Gasteiger partial charge on any atom is 0.341 e. The minimum absolute atomic E-state index is 0.0292. The lowest BCUT2D eigenvalue weighted by Gasteiger charge is -2.19. The fourth-order valence-electron chi connectivity index (χ4n) is 14.9. The molecule has 9 N–H and O–H groups in total. The Bertz CT molecular complexity index is 7600. The first-order valence-corrected chi connectivity index (χ1v) is 46.7. The van der Waals surface area contributed by atoms with E-state index in [1.807, 2.05) is 19.1 Å². The molecular weight excluding hydrogens is 2080 g/mol. The molecule has 3 amide bonds. The molecule has 0 saturated heterocycles. The zero-order chi connectivity index (χ0) is 110. The maximum absolute atomic E-state index is 14.4. The number of nitriles is 1. The largest absolute Gasteiger partial charge is 0.480 e. The van der Waals surface area contributed by atoms with Crippen molar-refractivity contribution in [1.82, 2.24) is 52.5 Å². The maximum atomic E-state index is 14.4. The molecule has 0 aliphatic carbocycles. The number of amides is 3. The first-order valence-electron chi connectivity index (χ1n) is 45.1. The van der Waals surface area contributed by atoms with E-state index >= 15 is 0 Å². The predicted octanol–water partition coefficient (Wildman–Crippen LogP) is 10.4. The summed E-state index contributed by atoms with van der Waals surface area (Å²) in [4.78, 5) is 196. The van der Waals surface area contributed by atoms with Gasteiger partial charge in [0.1, 0.15) is 93.0 Å². The number of aromatic carboxylic acids is 1. The van der Waals surface area contributed by atoms with Gasteiger partial charge in [0.15, 0.2) is 0 Å². The lowest BCUT2D eigenvalue weighted by Crippen LogP contribution is -2.44. The Labute approximate surface area is 855 Å². The van der Waals surface area contributed by atoms with Crippen molar-refractivity contribution in [3.63, 3.8) is 0 Å². The van der Waals surface area contributed by atoms with Crippen LogP contribution in [0.4, 0.5) is 35.1 Å². The number of aromatic nitrogens is 8. The summed E-state index contributed by atoms with van der Waals surface area (Å²) in [6.45, 7) is 12.6. The third kappa shape index (κ3) is 28.4. The van der Waals surface area contributed by atoms with Crippen LogP contribution < -0.4 is 72.4 Å². The third-order valence-electron chi connectivity index (χ3n) is 23.4. The van der Waals surface area contributed by atoms with Crippen LogP contribution in [-0.4, -0.2) is 138 Å². The van der Waals surface area contributed by atoms with Crippen molar-refractivity contribution in [2.75, 3.05) is 19.8 Å². The molecule has 12 rings (SSSR count). The number of carbonyl (C=O) groups excluding carboxylic acids is 6. The number of nitrogens with two attached hydrogens (primary N) is 2. The average Bonchev–Trinajstić information content (AvgIpc) is 0.804. The SMILES string of the molecule is CCCOC(=O)[C@@H](N)Cc1ccc(-c2c(C)n(C)c(=O)n(C)c2=O)cc1.CCCOC(=O)[C@H](Cc1ccc(-c2c(C)n(C)c(=O)n(C)c2=O)cc1)NC(=O)c1c(F)cc(Br)cc1F.CCCOC(=O)[C@H](Cc1ccc(-c2c(C)n(C)c(=O)n(C)c2=O)cc1)NC(=O)c1c(F)cc(C#N)cc1F.Cc1c(-c2ccc(C[C@H](NC(=O)c3c(F)cc(CN)cc3F)C(=O)O)cc2)c(=O)n(C)c(=O)n1C.O=C(O)c1c(F)cc(Br)cc1F. The van der Waals surface area contributed by atoms with Crippen LogP contribution in [0.5, 0.6) is 0 Å². The normalized spacial score (nSPS) is 11.6. The van der Waals surface area contributed by atoms with Gasteiger partial charge < -0.3 is 70.1 Å². The molecule has 8 aromatic carbocycles. The van der Waals surface area contributed by atoms with Gasteiger partial charge in [0.25, 0.3) is 40.0 Å². The standard InChI is InChI=1S/C27H26F2N4O5.C26H26BrF2N3O5.C24H24F2N4O5.C19H25N3O4.C7H3BrF2O2/c1-5-10-38-26(36)21(31-24(34)23-19(28)11-17(14-30)12-20(23)29)13-16-6-8-18(9-7-16)22-15(2)32(3)27(37)33(4)25(22)35;1-5-10-37-25(35)20(30-23(33)22-18(28)12-17(27)13-19(22)29)11-15-6-8-16(9-7-15)21-14(2)31(3)26(36)32(4)24(21)34;1-12-19(22(32)30(3)24(35)29(12)2)15-6-4-13(5-7-15)10-18(23(33)34)28-21(31)20-16(25)8-14(11-27)9-17(20)26;1-5-10-26-18(24)15(20)11-13-6-8-14(9-7-13)16-12(2)21(3)19(25)22(4)17(16)23;8-3-1-4(9)6(7(11)12)5(10)2-3/h6-9,11-12,21H,5,10,13H2,1-4H3,(H,31,34);6-9,12-13,20H,5,10-11H2,1-4H3,(H,30,33);4-9,18H,10-11,27H2,1-3H3,(H,28,31)(H,33,34);6-9,15H,5,10-11,20H2,1-4H3;1-2H,(H,11,12)/t21-;20-;18-;15-;/m0000./s1. The van der Waals surface area contributed by atoms with E-state index in [2.05, 4.69) is 47.8 Å². The number of rotatable bonds is 30. The van der Waals surface area contributed by atoms with Crippen molar-refractivity contribution in [3.05, 3.63) is 363 Å². The van der Waals surface area contributed by atoms with Gasteiger partial charge in [0.05, 0.1) is 53.7 Å². The summed E-state index contributed by atoms with van der Waals surface area (Å²) in [5.74, 6) is -17.6. The fraction of sp³-hybridized carbons (Fsp3) is 0.291. The lowest BCUT2D eigenvalue weighted by atomic mass is 10.00. The molecule has 4 heterocycles. The number of ether oxygens (including phenoxy) is 3. The van der Waals surface area contributed by atoms with Crippen LogP contribution in [0.1, 0.15) is 138 Å². The number of nitrogens with zero attached hydrogens (tertiary/aromatic N) is 9. The van der Waals surface area contributed by atoms with Crippen molar-refractivity contribution in [2.45, 2.75) is 124 Å². The van der Waals surface area contributed by atoms with E-state index in [1.54, 1.807) is 161 Å². The minimum Gasteiger partial charge on any atom is -0.480 e. The average molecular weight is 2190 g/mol. The molecule has 148 heavy (non-hydrogen) atoms. The van der Waals surface area contributed by atoms with Gasteiger partial charge in [-0.3, -0.25) is 56.6 Å². The lowest BCUT2D eigenvalue weighted by molar-refractivity contribution is -0.146. The number of nitrogens with one attached hydrogen (secondary N) is 3. The highest BCUT2D eigenvalue weighted by molar-refractivity contribution is 9.10. The number of halogens is 10. The molecule has 45 heteroatoms. The van der Waals surface area contributed by atoms with Crippen molar-refractivity contribution >= 4 is 79.4 Å². The summed E-state index contributed by atoms with van der Waals surface area (Å²) in [5, 5.41) is 33.6. The van der Waals surface area contributed by atoms with E-state index in [9.17, 15) is 117 Å². The number of hydrogen-bond acceptors (Lipinski definition) is 22. The Morgan fingerprint density at radius 1 is 0.358 bits per heavy atom. The second kappa shape index (κ2) is 52.2. The van der Waals surface area contributed by atoms with Crippen molar-refractivity contribution < 1.29 is 97.9 Å². The summed E-state index contributed by atoms with van der Waals surface area (Å²) < 4.78 is 137. The van der Waals surface area contributed by atoms with Crippen LogP contribution >= 0.6 is 31.9 Å². The van der Waals surface area contributed by atoms with Gasteiger partial charge in [0.2, 0.25) is 0 Å². The molecule has 0 aliphatic heterocycles. The van der Waals surface area contributed by atoms with Crippen LogP contribution in [0.3, 0.4) is 0 Å². The molecule has 0 spiro atoms. The first-order chi connectivity index (χ1) is 69.7. The number of benzene rings is 8. The number of aliphatic carboxylic acids is 1. The van der Waals surface area contributed by atoms with Crippen molar-refractivity contribution in [1.29, 1.82) is 5.26 Å². The minimum atomic E-state index is -1.61. The van der Waals surface area contributed by atoms with Gasteiger partial charge in [-0.1, -0.05) is 150 Å². The molecule has 0 fully saturated rings. The van der Waals surface area contributed by atoms with E-state index in [1.165, 1.54) is 46.5 Å². The fourth-order valence-corrected chi connectivity index (χ4v) is 15.7. The highest BCUT2D eigenvalue weighted by Crippen LogP contribution is 2.29. The second-order valence-corrected chi connectivity index (χ2v) is 35.5. The molecule has 0 aliphatic rings. The van der Waals surface area contributed by atoms with E-state index in [0.717, 1.165) is 78.8 Å². The van der Waals surface area contributed by atoms with E-state index in [4.69, 9.17) is 36.0 Å². The molecular formula is C103H104Br2F8N14O21. The highest BCUT2D eigenvalue weighted by Gasteiger charge is 2.33. The molecule has 4 atom stereocenters. The third-order valence-corrected chi connectivity index (χ3v) is 24.3. The summed E-state index contributed by atoms with van der Waals surface area (Å²) in [6, 6.07) is 30.6. The molecule has 12 aromatic rings. The van der Waals surface area contributed by atoms with Gasteiger partial charge in [-0.15, -0.1) is 0 Å². The van der Waals surface area contributed by atoms with E-state index in [0.29, 0.717) is 110 Å². The highest BCUT2D eigenvalue weighted by atomic mass is 79.9. The number of hydrogen-bond donors (Lipinski definition) is 7. The van der Waals surface area contributed by atoms with Crippen LogP contribution in [0.25, 0.3) is 44.5 Å². The Kier molecular flexibility index (Phi) is 41.4. The van der Waals surface area contributed by atoms with Gasteiger partial charge in [0, 0.05) is 114 Å². The Hall–Kier alpha value is -16.0. The van der Waals surface area contributed by atoms with Crippen molar-refractivity contribution in [2.24, 2.45) is 67.8 Å². The zero-order valence-electron chi connectivity index (χ0n) is 82.6. The Morgan fingerprint density at radius 3 is 0.845 bits per heavy atom. The summed E-state index contributed by atoms with van der Waals surface area (Å²) >= 11 is 5.79. The molecule has 0 saturated carbocycles. The zero-order valence-corrected chi connectivity index (χ0v) is 85.7. The Balaban J connectivity index is 0.000000233. The van der Waals surface area contributed by atoms with Gasteiger partial charge in [-0.25, -0.2) is 73.5 Å². The molecule has 0 unspecified atom stereocenters. The molecule has 0 radical (unpaired) electrons. The monoisotopic (exact) mass is 2180 g/mol. The molecule has 4 aromatic heterocycles. The second-order valence-electron chi connectivity index (χ2n) is 33.7. The van der Waals surface area contributed by atoms with Gasteiger partial charge in [-0.05, 0) is 152 Å². The number of carboxylic acid groups (broad SMARTS) is 2. The van der Waals surface area contributed by atoms with E-state index in [-0.39, 0.29) is 70.3 Å². The van der Waals surface area contributed by atoms with Crippen molar-refractivity contribution in [3.8, 4) is 50.6 Å². The van der Waals surface area contributed by atoms with Crippen LogP contribution in [0, 0.1) is 85.6 Å². The Morgan fingerprint density at radius 2 is 0.595 bits per heavy atom.